The van der Waals surface area contributed by atoms with E-state index < -0.39 is 0 Å². The first-order valence-electron chi connectivity index (χ1n) is 8.13. The first-order valence-corrected chi connectivity index (χ1v) is 8.13. The van der Waals surface area contributed by atoms with E-state index in [-0.39, 0.29) is 0 Å². The summed E-state index contributed by atoms with van der Waals surface area (Å²) in [5.74, 6) is 0. The molecule has 0 spiro atoms. The van der Waals surface area contributed by atoms with Crippen LogP contribution in [0.1, 0.15) is 41.5 Å². The van der Waals surface area contributed by atoms with Crippen LogP contribution in [0.25, 0.3) is 0 Å². The highest BCUT2D eigenvalue weighted by atomic mass is 16.5. The Balaban J connectivity index is 1.56. The lowest BCUT2D eigenvalue weighted by molar-refractivity contribution is 0.0166. The molecule has 1 aliphatic heterocycles. The maximum atomic E-state index is 5.66. The molecule has 0 bridgehead atoms. The average Bonchev–Trinajstić information content (AvgIpc) is 2.96. The van der Waals surface area contributed by atoms with Crippen molar-refractivity contribution in [3.8, 4) is 0 Å². The highest BCUT2D eigenvalue weighted by molar-refractivity contribution is 5.36. The van der Waals surface area contributed by atoms with E-state index in [1.165, 1.54) is 28.7 Å². The van der Waals surface area contributed by atoms with Crippen LogP contribution >= 0.6 is 0 Å². The minimum Gasteiger partial charge on any atom is -0.379 e. The summed E-state index contributed by atoms with van der Waals surface area (Å²) in [7, 11) is 0. The molecule has 1 aliphatic rings. The topological polar surface area (TPSA) is 30.5 Å². The summed E-state index contributed by atoms with van der Waals surface area (Å²) in [6.07, 6.45) is 3.74. The van der Waals surface area contributed by atoms with Crippen molar-refractivity contribution >= 4 is 0 Å². The summed E-state index contributed by atoms with van der Waals surface area (Å²) >= 11 is 0. The number of aryl methyl sites for hydroxylation is 3. The number of hydrogen-bond acceptors (Lipinski definition) is 3. The Kier molecular flexibility index (Phi) is 6.68. The number of rotatable bonds is 8. The minimum absolute atomic E-state index is 0.344. The molecule has 0 amide bonds. The van der Waals surface area contributed by atoms with E-state index in [4.69, 9.17) is 9.47 Å². The smallest absolute Gasteiger partial charge is 0.0809 e. The van der Waals surface area contributed by atoms with Gasteiger partial charge in [-0.05, 0) is 68.8 Å². The fourth-order valence-corrected chi connectivity index (χ4v) is 2.72. The lowest BCUT2D eigenvalue weighted by Crippen LogP contribution is -2.19. The monoisotopic (exact) mass is 291 g/mol. The van der Waals surface area contributed by atoms with Gasteiger partial charge in [0.15, 0.2) is 0 Å². The van der Waals surface area contributed by atoms with E-state index in [0.717, 1.165) is 45.8 Å². The molecule has 1 fully saturated rings. The van der Waals surface area contributed by atoms with E-state index in [9.17, 15) is 0 Å². The molecule has 2 rings (SSSR count). The van der Waals surface area contributed by atoms with Gasteiger partial charge >= 0.3 is 0 Å². The Hall–Kier alpha value is -0.900. The molecule has 1 atom stereocenters. The van der Waals surface area contributed by atoms with Gasteiger partial charge in [-0.1, -0.05) is 12.1 Å². The Morgan fingerprint density at radius 2 is 2.00 bits per heavy atom. The molecule has 1 aromatic carbocycles. The third-order valence-electron chi connectivity index (χ3n) is 4.24. The first kappa shape index (κ1) is 16.5. The third kappa shape index (κ3) is 5.42. The van der Waals surface area contributed by atoms with Crippen LogP contribution in [0.3, 0.4) is 0 Å². The summed E-state index contributed by atoms with van der Waals surface area (Å²) < 4.78 is 11.2. The van der Waals surface area contributed by atoms with E-state index in [1.807, 2.05) is 0 Å². The fourth-order valence-electron chi connectivity index (χ4n) is 2.72. The maximum Gasteiger partial charge on any atom is 0.0809 e. The second kappa shape index (κ2) is 8.52. The quantitative estimate of drug-likeness (QED) is 0.746. The van der Waals surface area contributed by atoms with Crippen LogP contribution in [0.4, 0.5) is 0 Å². The normalized spacial score (nSPS) is 18.3. The molecule has 1 N–H and O–H groups in total. The molecule has 21 heavy (non-hydrogen) atoms. The predicted molar refractivity (Wildman–Crippen MR) is 86.8 cm³/mol. The van der Waals surface area contributed by atoms with Gasteiger partial charge in [0.2, 0.25) is 0 Å². The van der Waals surface area contributed by atoms with Gasteiger partial charge in [0.25, 0.3) is 0 Å². The molecule has 0 radical (unpaired) electrons. The summed E-state index contributed by atoms with van der Waals surface area (Å²) in [6, 6.07) is 4.57. The maximum absolute atomic E-state index is 5.66. The van der Waals surface area contributed by atoms with Crippen LogP contribution in [0.5, 0.6) is 0 Å². The second-order valence-corrected chi connectivity index (χ2v) is 6.10. The zero-order chi connectivity index (χ0) is 15.1. The molecule has 3 nitrogen and oxygen atoms in total. The van der Waals surface area contributed by atoms with E-state index in [1.54, 1.807) is 0 Å². The van der Waals surface area contributed by atoms with Crippen molar-refractivity contribution in [1.29, 1.82) is 0 Å². The van der Waals surface area contributed by atoms with Crippen LogP contribution < -0.4 is 5.32 Å². The van der Waals surface area contributed by atoms with Crippen molar-refractivity contribution in [1.82, 2.24) is 5.32 Å². The molecule has 0 saturated carbocycles. The molecular weight excluding hydrogens is 262 g/mol. The molecule has 1 heterocycles. The van der Waals surface area contributed by atoms with Crippen LogP contribution in [0.15, 0.2) is 12.1 Å². The molecule has 1 aromatic rings. The first-order chi connectivity index (χ1) is 10.2. The van der Waals surface area contributed by atoms with Crippen LogP contribution in [-0.4, -0.2) is 32.5 Å². The summed E-state index contributed by atoms with van der Waals surface area (Å²) in [5.41, 5.74) is 5.52. The van der Waals surface area contributed by atoms with Gasteiger partial charge < -0.3 is 14.8 Å². The van der Waals surface area contributed by atoms with Gasteiger partial charge in [0, 0.05) is 19.8 Å². The van der Waals surface area contributed by atoms with Crippen LogP contribution in [0.2, 0.25) is 0 Å². The van der Waals surface area contributed by atoms with Gasteiger partial charge in [-0.15, -0.1) is 0 Å². The third-order valence-corrected chi connectivity index (χ3v) is 4.24. The van der Waals surface area contributed by atoms with Crippen LogP contribution in [0, 0.1) is 20.8 Å². The van der Waals surface area contributed by atoms with Crippen molar-refractivity contribution in [3.63, 3.8) is 0 Å². The molecule has 0 aromatic heterocycles. The Labute approximate surface area is 129 Å². The summed E-state index contributed by atoms with van der Waals surface area (Å²) in [4.78, 5) is 0. The van der Waals surface area contributed by atoms with Crippen molar-refractivity contribution in [2.75, 3.05) is 26.4 Å². The largest absolute Gasteiger partial charge is 0.379 e. The van der Waals surface area contributed by atoms with Crippen molar-refractivity contribution < 1.29 is 9.47 Å². The summed E-state index contributed by atoms with van der Waals surface area (Å²) in [5, 5.41) is 3.51. The molecule has 1 saturated heterocycles. The highest BCUT2D eigenvalue weighted by Crippen LogP contribution is 2.15. The standard InChI is InChI=1S/C18H29NO2/c1-14-10-16(3)17(11-15(14)2)12-19-7-5-8-20-13-18-6-4-9-21-18/h10-11,18-19H,4-9,12-13H2,1-3H3. The number of ether oxygens (including phenoxy) is 2. The molecular formula is C18H29NO2. The molecule has 118 valence electrons. The molecule has 3 heteroatoms. The Morgan fingerprint density at radius 1 is 1.19 bits per heavy atom. The Bertz CT molecular complexity index is 439. The number of nitrogens with one attached hydrogen (secondary N) is 1. The van der Waals surface area contributed by atoms with Crippen molar-refractivity contribution in [3.05, 3.63) is 34.4 Å². The predicted octanol–water partition coefficient (Wildman–Crippen LogP) is 3.29. The summed E-state index contributed by atoms with van der Waals surface area (Å²) in [6.45, 7) is 11.0. The van der Waals surface area contributed by atoms with Crippen molar-refractivity contribution in [2.24, 2.45) is 0 Å². The Morgan fingerprint density at radius 3 is 2.76 bits per heavy atom. The van der Waals surface area contributed by atoms with Gasteiger partial charge in [-0.25, -0.2) is 0 Å². The zero-order valence-corrected chi connectivity index (χ0v) is 13.7. The van der Waals surface area contributed by atoms with Crippen molar-refractivity contribution in [2.45, 2.75) is 52.7 Å². The van der Waals surface area contributed by atoms with Gasteiger partial charge in [-0.3, -0.25) is 0 Å². The zero-order valence-electron chi connectivity index (χ0n) is 13.7. The van der Waals surface area contributed by atoms with Crippen LogP contribution in [-0.2, 0) is 16.0 Å². The van der Waals surface area contributed by atoms with E-state index >= 15 is 0 Å². The van der Waals surface area contributed by atoms with Gasteiger partial charge in [0.1, 0.15) is 0 Å². The molecule has 0 aliphatic carbocycles. The minimum atomic E-state index is 0.344. The van der Waals surface area contributed by atoms with E-state index in [2.05, 4.69) is 38.2 Å². The lowest BCUT2D eigenvalue weighted by atomic mass is 10.0. The highest BCUT2D eigenvalue weighted by Gasteiger charge is 2.14. The van der Waals surface area contributed by atoms with Gasteiger partial charge in [-0.2, -0.15) is 0 Å². The number of benzene rings is 1. The average molecular weight is 291 g/mol. The second-order valence-electron chi connectivity index (χ2n) is 6.10. The lowest BCUT2D eigenvalue weighted by Gasteiger charge is -2.12. The number of hydrogen-bond donors (Lipinski definition) is 1. The molecule has 1 unspecified atom stereocenters. The fraction of sp³-hybridized carbons (Fsp3) is 0.667. The van der Waals surface area contributed by atoms with E-state index in [0.29, 0.717) is 6.10 Å². The SMILES string of the molecule is Cc1cc(C)c(CNCCCOCC2CCCO2)cc1C. The van der Waals surface area contributed by atoms with Gasteiger partial charge in [0.05, 0.1) is 12.7 Å².